The van der Waals surface area contributed by atoms with Gasteiger partial charge in [0, 0.05) is 68.4 Å². The Balaban J connectivity index is 1.34. The number of carbonyl (C=O) groups is 1. The molecule has 0 radical (unpaired) electrons. The average Bonchev–Trinajstić information content (AvgIpc) is 3.20. The average molecular weight is 354 g/mol. The molecule has 4 heterocycles. The summed E-state index contributed by atoms with van der Waals surface area (Å²) >= 11 is 0. The molecule has 2 aromatic heterocycles. The number of carbonyl (C=O) groups excluding carboxylic acids is 1. The summed E-state index contributed by atoms with van der Waals surface area (Å²) in [5.74, 6) is 1.48. The van der Waals surface area contributed by atoms with Gasteiger partial charge in [0.15, 0.2) is 0 Å². The van der Waals surface area contributed by atoms with Crippen LogP contribution in [0.4, 0.5) is 0 Å². The third-order valence-electron chi connectivity index (χ3n) is 5.44. The Morgan fingerprint density at radius 1 is 1.38 bits per heavy atom. The highest BCUT2D eigenvalue weighted by atomic mass is 16.2. The van der Waals surface area contributed by atoms with Crippen LogP contribution in [0.5, 0.6) is 0 Å². The van der Waals surface area contributed by atoms with Gasteiger partial charge >= 0.3 is 0 Å². The van der Waals surface area contributed by atoms with Crippen LogP contribution >= 0.6 is 0 Å². The molecule has 7 heteroatoms. The fourth-order valence-corrected chi connectivity index (χ4v) is 3.89. The summed E-state index contributed by atoms with van der Waals surface area (Å²) in [5.41, 5.74) is 2.42. The van der Waals surface area contributed by atoms with Gasteiger partial charge in [-0.15, -0.1) is 0 Å². The first kappa shape index (κ1) is 17.1. The van der Waals surface area contributed by atoms with Gasteiger partial charge in [0.25, 0.3) is 0 Å². The van der Waals surface area contributed by atoms with Crippen molar-refractivity contribution in [3.05, 3.63) is 41.7 Å². The number of rotatable bonds is 4. The second-order valence-corrected chi connectivity index (χ2v) is 7.36. The van der Waals surface area contributed by atoms with Crippen LogP contribution in [0.25, 0.3) is 0 Å². The molecule has 26 heavy (non-hydrogen) atoms. The van der Waals surface area contributed by atoms with Gasteiger partial charge in [0.1, 0.15) is 5.82 Å². The molecule has 0 aromatic carbocycles. The third kappa shape index (κ3) is 3.62. The van der Waals surface area contributed by atoms with Crippen LogP contribution < -0.4 is 5.32 Å². The van der Waals surface area contributed by atoms with E-state index in [1.54, 1.807) is 6.20 Å². The van der Waals surface area contributed by atoms with Crippen LogP contribution in [0.1, 0.15) is 42.8 Å². The minimum absolute atomic E-state index is 0.0565. The van der Waals surface area contributed by atoms with E-state index in [0.717, 1.165) is 51.3 Å². The van der Waals surface area contributed by atoms with E-state index >= 15 is 0 Å². The van der Waals surface area contributed by atoms with Crippen LogP contribution in [0.15, 0.2) is 24.7 Å². The van der Waals surface area contributed by atoms with E-state index in [2.05, 4.69) is 15.4 Å². The molecule has 1 unspecified atom stereocenters. The molecule has 1 amide bonds. The van der Waals surface area contributed by atoms with E-state index in [1.807, 2.05) is 35.0 Å². The standard InChI is InChI=1S/C19H26N6O/c1-14(13-25-8-2-6-22-25)19(26)24-9-4-15(5-10-24)18-21-12-16-11-20-7-3-17(16)23-18/h2,6,8,12,14-15,20H,3-5,7,9-11,13H2,1H3. The molecule has 1 saturated heterocycles. The zero-order valence-electron chi connectivity index (χ0n) is 15.3. The Morgan fingerprint density at radius 3 is 3.00 bits per heavy atom. The van der Waals surface area contributed by atoms with Crippen molar-refractivity contribution in [3.63, 3.8) is 0 Å². The third-order valence-corrected chi connectivity index (χ3v) is 5.44. The highest BCUT2D eigenvalue weighted by Crippen LogP contribution is 2.27. The second-order valence-electron chi connectivity index (χ2n) is 7.36. The Kier molecular flexibility index (Phi) is 4.97. The number of nitrogens with one attached hydrogen (secondary N) is 1. The van der Waals surface area contributed by atoms with E-state index in [4.69, 9.17) is 4.98 Å². The molecule has 1 atom stereocenters. The van der Waals surface area contributed by atoms with E-state index in [9.17, 15) is 4.79 Å². The number of piperidine rings is 1. The number of hydrogen-bond acceptors (Lipinski definition) is 5. The van der Waals surface area contributed by atoms with Crippen LogP contribution in [0.2, 0.25) is 0 Å². The summed E-state index contributed by atoms with van der Waals surface area (Å²) < 4.78 is 1.82. The van der Waals surface area contributed by atoms with Crippen LogP contribution in [0, 0.1) is 5.92 Å². The fourth-order valence-electron chi connectivity index (χ4n) is 3.89. The largest absolute Gasteiger partial charge is 0.342 e. The van der Waals surface area contributed by atoms with Crippen LogP contribution in [0.3, 0.4) is 0 Å². The van der Waals surface area contributed by atoms with Crippen LogP contribution in [-0.2, 0) is 24.3 Å². The van der Waals surface area contributed by atoms with Crippen LogP contribution in [-0.4, -0.2) is 50.2 Å². The maximum Gasteiger partial charge on any atom is 0.227 e. The minimum Gasteiger partial charge on any atom is -0.342 e. The van der Waals surface area contributed by atoms with Crippen molar-refractivity contribution < 1.29 is 4.79 Å². The van der Waals surface area contributed by atoms with E-state index in [1.165, 1.54) is 11.3 Å². The topological polar surface area (TPSA) is 75.9 Å². The molecule has 1 N–H and O–H groups in total. The first-order valence-corrected chi connectivity index (χ1v) is 9.52. The highest BCUT2D eigenvalue weighted by molar-refractivity contribution is 5.78. The molecular weight excluding hydrogens is 328 g/mol. The van der Waals surface area contributed by atoms with Crippen molar-refractivity contribution in [2.45, 2.75) is 45.2 Å². The summed E-state index contributed by atoms with van der Waals surface area (Å²) in [6, 6.07) is 1.89. The second kappa shape index (κ2) is 7.53. The predicted molar refractivity (Wildman–Crippen MR) is 97.4 cm³/mol. The molecule has 7 nitrogen and oxygen atoms in total. The Labute approximate surface area is 153 Å². The normalized spacial score (nSPS) is 19.2. The molecule has 138 valence electrons. The number of likely N-dealkylation sites (tertiary alicyclic amines) is 1. The molecule has 0 saturated carbocycles. The van der Waals surface area contributed by atoms with Gasteiger partial charge in [-0.1, -0.05) is 6.92 Å². The van der Waals surface area contributed by atoms with Gasteiger partial charge in [-0.05, 0) is 18.9 Å². The fraction of sp³-hybridized carbons (Fsp3) is 0.579. The molecule has 0 spiro atoms. The van der Waals surface area contributed by atoms with Gasteiger partial charge in [0.05, 0.1) is 12.5 Å². The van der Waals surface area contributed by atoms with Gasteiger partial charge < -0.3 is 10.2 Å². The van der Waals surface area contributed by atoms with Crippen molar-refractivity contribution in [2.75, 3.05) is 19.6 Å². The number of aromatic nitrogens is 4. The van der Waals surface area contributed by atoms with E-state index < -0.39 is 0 Å². The summed E-state index contributed by atoms with van der Waals surface area (Å²) in [4.78, 5) is 24.1. The zero-order chi connectivity index (χ0) is 17.9. The summed E-state index contributed by atoms with van der Waals surface area (Å²) in [7, 11) is 0. The molecule has 2 aliphatic heterocycles. The lowest BCUT2D eigenvalue weighted by atomic mass is 9.94. The van der Waals surface area contributed by atoms with E-state index in [0.29, 0.717) is 12.5 Å². The molecule has 0 bridgehead atoms. The van der Waals surface area contributed by atoms with Crippen molar-refractivity contribution in [2.24, 2.45) is 5.92 Å². The lowest BCUT2D eigenvalue weighted by molar-refractivity contribution is -0.136. The summed E-state index contributed by atoms with van der Waals surface area (Å²) in [5, 5.41) is 7.55. The molecule has 0 aliphatic carbocycles. The lowest BCUT2D eigenvalue weighted by Crippen LogP contribution is -2.42. The van der Waals surface area contributed by atoms with E-state index in [-0.39, 0.29) is 11.8 Å². The lowest BCUT2D eigenvalue weighted by Gasteiger charge is -2.33. The SMILES string of the molecule is CC(Cn1cccn1)C(=O)N1CCC(c2ncc3c(n2)CCNC3)CC1. The molecular formula is C19H26N6O. The van der Waals surface area contributed by atoms with Crippen molar-refractivity contribution in [3.8, 4) is 0 Å². The zero-order valence-corrected chi connectivity index (χ0v) is 15.3. The number of hydrogen-bond donors (Lipinski definition) is 1. The Bertz CT molecular complexity index is 751. The first-order valence-electron chi connectivity index (χ1n) is 9.52. The predicted octanol–water partition coefficient (Wildman–Crippen LogP) is 1.36. The minimum atomic E-state index is -0.0565. The quantitative estimate of drug-likeness (QED) is 0.897. The maximum absolute atomic E-state index is 12.7. The van der Waals surface area contributed by atoms with Gasteiger partial charge in [-0.25, -0.2) is 9.97 Å². The molecule has 2 aromatic rings. The summed E-state index contributed by atoms with van der Waals surface area (Å²) in [6.07, 6.45) is 8.49. The highest BCUT2D eigenvalue weighted by Gasteiger charge is 2.28. The van der Waals surface area contributed by atoms with Crippen molar-refractivity contribution in [1.29, 1.82) is 0 Å². The molecule has 2 aliphatic rings. The first-order chi connectivity index (χ1) is 12.7. The number of fused-ring (bicyclic) bond motifs is 1. The smallest absolute Gasteiger partial charge is 0.227 e. The molecule has 1 fully saturated rings. The number of nitrogens with zero attached hydrogens (tertiary/aromatic N) is 5. The Morgan fingerprint density at radius 2 is 2.23 bits per heavy atom. The molecule has 4 rings (SSSR count). The monoisotopic (exact) mass is 354 g/mol. The van der Waals surface area contributed by atoms with Gasteiger partial charge in [0.2, 0.25) is 5.91 Å². The number of amides is 1. The Hall–Kier alpha value is -2.28. The van der Waals surface area contributed by atoms with Crippen molar-refractivity contribution in [1.82, 2.24) is 30.0 Å². The van der Waals surface area contributed by atoms with Gasteiger partial charge in [-0.2, -0.15) is 5.10 Å². The maximum atomic E-state index is 12.7. The summed E-state index contributed by atoms with van der Waals surface area (Å²) in [6.45, 7) is 6.05. The van der Waals surface area contributed by atoms with Gasteiger partial charge in [-0.3, -0.25) is 9.48 Å². The van der Waals surface area contributed by atoms with Crippen molar-refractivity contribution >= 4 is 5.91 Å².